The first-order valence-electron chi connectivity index (χ1n) is 16.2. The molecule has 0 spiro atoms. The van der Waals surface area contributed by atoms with Gasteiger partial charge < -0.3 is 80.2 Å². The molecule has 0 aromatic heterocycles. The molecule has 3 aliphatic heterocycles. The van der Waals surface area contributed by atoms with Crippen LogP contribution in [0.2, 0.25) is 0 Å². The minimum Gasteiger partial charge on any atom is -0.508 e. The van der Waals surface area contributed by atoms with E-state index in [1.54, 1.807) is 0 Å². The molecule has 3 aliphatic rings. The summed E-state index contributed by atoms with van der Waals surface area (Å²) in [5, 5.41) is 128. The Morgan fingerprint density at radius 1 is 0.596 bits per heavy atom. The molecule has 1 saturated heterocycles. The Morgan fingerprint density at radius 3 is 1.85 bits per heavy atom. The Kier molecular flexibility index (Phi) is 8.77. The van der Waals surface area contributed by atoms with E-state index in [1.807, 2.05) is 0 Å². The van der Waals surface area contributed by atoms with E-state index in [4.69, 9.17) is 18.9 Å². The summed E-state index contributed by atoms with van der Waals surface area (Å²) in [6.45, 7) is 1.42. The van der Waals surface area contributed by atoms with Gasteiger partial charge in [-0.1, -0.05) is 12.1 Å². The maximum Gasteiger partial charge on any atom is 0.187 e. The van der Waals surface area contributed by atoms with E-state index in [-0.39, 0.29) is 45.7 Å². The summed E-state index contributed by atoms with van der Waals surface area (Å²) in [6, 6.07) is 10.5. The van der Waals surface area contributed by atoms with Gasteiger partial charge in [0.2, 0.25) is 0 Å². The summed E-state index contributed by atoms with van der Waals surface area (Å²) in [6.07, 6.45) is -13.6. The molecule has 16 heteroatoms. The van der Waals surface area contributed by atoms with Crippen molar-refractivity contribution >= 4 is 0 Å². The maximum atomic E-state index is 11.7. The van der Waals surface area contributed by atoms with Crippen LogP contribution >= 0.6 is 0 Å². The van der Waals surface area contributed by atoms with Gasteiger partial charge >= 0.3 is 0 Å². The zero-order valence-corrected chi connectivity index (χ0v) is 27.2. The van der Waals surface area contributed by atoms with Gasteiger partial charge in [-0.2, -0.15) is 0 Å². The van der Waals surface area contributed by atoms with Crippen LogP contribution in [-0.4, -0.2) is 104 Å². The summed E-state index contributed by atoms with van der Waals surface area (Å²) in [5.74, 6) is -5.86. The predicted molar refractivity (Wildman–Crippen MR) is 175 cm³/mol. The zero-order chi connectivity index (χ0) is 37.3. The van der Waals surface area contributed by atoms with Crippen LogP contribution in [0.3, 0.4) is 0 Å². The fraction of sp³-hybridized carbons (Fsp3) is 0.333. The molecule has 7 rings (SSSR count). The van der Waals surface area contributed by atoms with Gasteiger partial charge in [-0.3, -0.25) is 0 Å². The van der Waals surface area contributed by atoms with Crippen LogP contribution in [-0.2, 0) is 15.9 Å². The smallest absolute Gasteiger partial charge is 0.187 e. The highest BCUT2D eigenvalue weighted by Crippen LogP contribution is 2.58. The van der Waals surface area contributed by atoms with Crippen LogP contribution in [0.15, 0.2) is 54.6 Å². The fourth-order valence-corrected chi connectivity index (χ4v) is 7.12. The van der Waals surface area contributed by atoms with Gasteiger partial charge in [0.05, 0.1) is 18.1 Å². The van der Waals surface area contributed by atoms with Crippen molar-refractivity contribution in [2.75, 3.05) is 0 Å². The molecule has 0 aliphatic carbocycles. The van der Waals surface area contributed by atoms with Crippen LogP contribution in [0.25, 0.3) is 0 Å². The van der Waals surface area contributed by atoms with Crippen LogP contribution in [0.5, 0.6) is 57.5 Å². The average molecular weight is 725 g/mol. The number of hydrogen-bond donors (Lipinski definition) is 12. The Balaban J connectivity index is 1.46. The topological polar surface area (TPSA) is 280 Å². The molecule has 12 N–H and O–H groups in total. The number of hydrogen-bond acceptors (Lipinski definition) is 16. The van der Waals surface area contributed by atoms with Crippen molar-refractivity contribution in [2.24, 2.45) is 0 Å². The lowest BCUT2D eigenvalue weighted by Gasteiger charge is -2.45. The number of aliphatic hydroxyl groups excluding tert-OH is 4. The van der Waals surface area contributed by atoms with E-state index >= 15 is 0 Å². The molecular formula is C36H36O16. The molecule has 10 atom stereocenters. The second-order valence-electron chi connectivity index (χ2n) is 13.1. The highest BCUT2D eigenvalue weighted by molar-refractivity contribution is 5.66. The maximum absolute atomic E-state index is 11.7. The Morgan fingerprint density at radius 2 is 1.21 bits per heavy atom. The predicted octanol–water partition coefficient (Wildman–Crippen LogP) is 1.85. The van der Waals surface area contributed by atoms with Crippen molar-refractivity contribution in [2.45, 2.75) is 74.4 Å². The van der Waals surface area contributed by atoms with Crippen molar-refractivity contribution in [3.05, 3.63) is 82.4 Å². The molecule has 4 aromatic carbocycles. The molecule has 0 saturated carbocycles. The molecule has 276 valence electrons. The van der Waals surface area contributed by atoms with Gasteiger partial charge in [-0.25, -0.2) is 0 Å². The first-order valence-corrected chi connectivity index (χ1v) is 16.2. The van der Waals surface area contributed by atoms with E-state index in [0.717, 1.165) is 36.4 Å². The summed E-state index contributed by atoms with van der Waals surface area (Å²) >= 11 is 0. The molecule has 1 fully saturated rings. The summed E-state index contributed by atoms with van der Waals surface area (Å²) < 4.78 is 24.8. The third-order valence-electron chi connectivity index (χ3n) is 9.75. The van der Waals surface area contributed by atoms with E-state index in [2.05, 4.69) is 0 Å². The van der Waals surface area contributed by atoms with Gasteiger partial charge in [0.25, 0.3) is 0 Å². The van der Waals surface area contributed by atoms with Crippen molar-refractivity contribution in [3.63, 3.8) is 0 Å². The Hall–Kier alpha value is -5.36. The lowest BCUT2D eigenvalue weighted by molar-refractivity contribution is -0.312. The minimum atomic E-state index is -1.85. The van der Waals surface area contributed by atoms with E-state index in [0.29, 0.717) is 0 Å². The van der Waals surface area contributed by atoms with Crippen LogP contribution < -0.4 is 9.47 Å². The first-order chi connectivity index (χ1) is 24.6. The van der Waals surface area contributed by atoms with Crippen molar-refractivity contribution in [1.29, 1.82) is 0 Å². The molecule has 0 amide bonds. The zero-order valence-electron chi connectivity index (χ0n) is 27.2. The molecule has 0 bridgehead atoms. The molecule has 3 heterocycles. The van der Waals surface area contributed by atoms with Crippen LogP contribution in [0.4, 0.5) is 0 Å². The second kappa shape index (κ2) is 13.0. The van der Waals surface area contributed by atoms with E-state index in [9.17, 15) is 61.3 Å². The molecule has 16 nitrogen and oxygen atoms in total. The number of phenols is 8. The lowest BCUT2D eigenvalue weighted by atomic mass is 9.77. The summed E-state index contributed by atoms with van der Waals surface area (Å²) in [7, 11) is 0. The molecule has 52 heavy (non-hydrogen) atoms. The van der Waals surface area contributed by atoms with E-state index < -0.39 is 107 Å². The minimum absolute atomic E-state index is 0.0181. The van der Waals surface area contributed by atoms with Gasteiger partial charge in [0.15, 0.2) is 35.4 Å². The monoisotopic (exact) mass is 724 g/mol. The number of aromatic hydroxyl groups is 8. The fourth-order valence-electron chi connectivity index (χ4n) is 7.12. The van der Waals surface area contributed by atoms with Crippen LogP contribution in [0, 0.1) is 0 Å². The lowest BCUT2D eigenvalue weighted by Crippen LogP contribution is -2.58. The molecule has 0 radical (unpaired) electrons. The summed E-state index contributed by atoms with van der Waals surface area (Å²) in [4.78, 5) is 0. The Bertz CT molecular complexity index is 2020. The van der Waals surface area contributed by atoms with Gasteiger partial charge in [0.1, 0.15) is 65.0 Å². The van der Waals surface area contributed by atoms with E-state index in [1.165, 1.54) is 25.1 Å². The average Bonchev–Trinajstić information content (AvgIpc) is 3.09. The number of aliphatic hydroxyl groups is 4. The second-order valence-corrected chi connectivity index (χ2v) is 13.1. The quantitative estimate of drug-likeness (QED) is 0.131. The van der Waals surface area contributed by atoms with Crippen LogP contribution in [0.1, 0.15) is 52.9 Å². The highest BCUT2D eigenvalue weighted by Gasteiger charge is 2.51. The number of ether oxygens (including phenoxy) is 4. The summed E-state index contributed by atoms with van der Waals surface area (Å²) in [5.41, 5.74) is 0.101. The SMILES string of the molecule is C[C@@H]1O[C@@H](O[C@H]2[C@H](c3c(O)cc(O)c4c3O[C@H](c3ccc(O)c(O)c3)[C@@H](O)C4)c3c(O)cc(O)cc3O[C@@H]2c2ccc(O)c(O)c2)[C@H](O)[C@H](O)[C@H]1O. The molecule has 4 aromatic rings. The standard InChI is InChI=1S/C36H36O16/c1-12-29(46)30(47)31(48)36(49-12)52-35-28(26-22(43)8-15(37)9-25(26)50-33(35)14-3-5-18(39)21(42)7-14)27-23(44)11-19(40)16-10-24(45)32(51-34(16)27)13-2-4-17(38)20(41)6-13/h2-9,11-12,24,28-33,35-48H,10H2,1H3/t12-,24-,28-,29-,30+,31+,32+,33+,35-,36-/m0/s1. The van der Waals surface area contributed by atoms with Crippen molar-refractivity contribution in [3.8, 4) is 57.5 Å². The van der Waals surface area contributed by atoms with Gasteiger partial charge in [0, 0.05) is 41.3 Å². The normalized spacial score (nSPS) is 29.7. The Labute approximate surface area is 294 Å². The molecular weight excluding hydrogens is 688 g/mol. The van der Waals surface area contributed by atoms with Crippen molar-refractivity contribution in [1.82, 2.24) is 0 Å². The third kappa shape index (κ3) is 5.84. The number of fused-ring (bicyclic) bond motifs is 2. The number of benzene rings is 4. The third-order valence-corrected chi connectivity index (χ3v) is 9.75. The molecule has 0 unspecified atom stereocenters. The largest absolute Gasteiger partial charge is 0.508 e. The van der Waals surface area contributed by atoms with Gasteiger partial charge in [-0.05, 0) is 42.3 Å². The van der Waals surface area contributed by atoms with Crippen molar-refractivity contribution < 1.29 is 80.2 Å². The highest BCUT2D eigenvalue weighted by atomic mass is 16.7. The van der Waals surface area contributed by atoms with Gasteiger partial charge in [-0.15, -0.1) is 0 Å². The number of phenolic OH excluding ortho intramolecular Hbond substituents is 8. The first kappa shape index (κ1) is 35.1. The number of rotatable bonds is 5.